The van der Waals surface area contributed by atoms with Gasteiger partial charge in [0.05, 0.1) is 6.61 Å². The lowest BCUT2D eigenvalue weighted by atomic mass is 10.3. The molecule has 0 bridgehead atoms. The van der Waals surface area contributed by atoms with E-state index in [0.29, 0.717) is 26.0 Å². The maximum atomic E-state index is 11.0. The van der Waals surface area contributed by atoms with Crippen molar-refractivity contribution in [3.05, 3.63) is 0 Å². The van der Waals surface area contributed by atoms with Crippen LogP contribution in [0.1, 0.15) is 19.8 Å². The lowest BCUT2D eigenvalue weighted by Crippen LogP contribution is -2.45. The highest BCUT2D eigenvalue weighted by molar-refractivity contribution is 6.74. The molecule has 0 saturated carbocycles. The first-order chi connectivity index (χ1) is 6.91. The molecule has 4 nitrogen and oxygen atoms in total. The van der Waals surface area contributed by atoms with Gasteiger partial charge < -0.3 is 9.30 Å². The van der Waals surface area contributed by atoms with E-state index in [-0.39, 0.29) is 5.97 Å². The Kier molecular flexibility index (Phi) is 6.23. The Hall–Kier alpha value is -0.843. The van der Waals surface area contributed by atoms with Gasteiger partial charge in [-0.15, -0.1) is 0 Å². The van der Waals surface area contributed by atoms with Crippen LogP contribution in [0.15, 0.2) is 0 Å². The molecule has 1 radical (unpaired) electrons. The van der Waals surface area contributed by atoms with Crippen LogP contribution in [0.5, 0.6) is 0 Å². The van der Waals surface area contributed by atoms with Crippen molar-refractivity contribution in [1.29, 1.82) is 0 Å². The highest BCUT2D eigenvalue weighted by atomic mass is 28.3. The molecule has 0 N–H and O–H groups in total. The van der Waals surface area contributed by atoms with E-state index in [2.05, 4.69) is 19.6 Å². The van der Waals surface area contributed by atoms with Crippen LogP contribution in [0.2, 0.25) is 19.6 Å². The zero-order valence-electron chi connectivity index (χ0n) is 10.0. The third kappa shape index (κ3) is 6.27. The molecule has 1 amide bonds. The van der Waals surface area contributed by atoms with Gasteiger partial charge in [0.2, 0.25) is 0 Å². The third-order valence-electron chi connectivity index (χ3n) is 1.99. The molecule has 0 saturated heterocycles. The summed E-state index contributed by atoms with van der Waals surface area (Å²) >= 11 is 0. The average molecular weight is 230 g/mol. The molecule has 0 spiro atoms. The molecule has 0 aromatic carbocycles. The molecule has 0 aliphatic rings. The van der Waals surface area contributed by atoms with Crippen LogP contribution in [0.3, 0.4) is 0 Å². The van der Waals surface area contributed by atoms with Gasteiger partial charge in [-0.3, -0.25) is 9.59 Å². The summed E-state index contributed by atoms with van der Waals surface area (Å²) in [7, 11) is -1.62. The summed E-state index contributed by atoms with van der Waals surface area (Å²) in [6.07, 6.45) is 2.96. The van der Waals surface area contributed by atoms with E-state index < -0.39 is 8.24 Å². The fourth-order valence-electron chi connectivity index (χ4n) is 1.13. The minimum absolute atomic E-state index is 0.195. The zero-order chi connectivity index (χ0) is 11.9. The smallest absolute Gasteiger partial charge is 0.305 e. The summed E-state index contributed by atoms with van der Waals surface area (Å²) in [6, 6.07) is 0. The van der Waals surface area contributed by atoms with E-state index in [0.717, 1.165) is 0 Å². The second kappa shape index (κ2) is 6.61. The molecule has 0 aromatic rings. The molecule has 0 unspecified atom stereocenters. The van der Waals surface area contributed by atoms with Gasteiger partial charge in [0.15, 0.2) is 8.24 Å². The minimum Gasteiger partial charge on any atom is -0.466 e. The summed E-state index contributed by atoms with van der Waals surface area (Å²) in [4.78, 5) is 21.7. The molecule has 0 aromatic heterocycles. The van der Waals surface area contributed by atoms with Crippen molar-refractivity contribution >= 4 is 20.6 Å². The topological polar surface area (TPSA) is 46.6 Å². The predicted molar refractivity (Wildman–Crippen MR) is 61.6 cm³/mol. The van der Waals surface area contributed by atoms with Gasteiger partial charge in [-0.1, -0.05) is 19.6 Å². The Balaban J connectivity index is 3.83. The van der Waals surface area contributed by atoms with Gasteiger partial charge in [0.1, 0.15) is 0 Å². The molecular weight excluding hydrogens is 210 g/mol. The molecule has 0 heterocycles. The van der Waals surface area contributed by atoms with Crippen LogP contribution in [0, 0.1) is 0 Å². The Labute approximate surface area is 92.7 Å². The molecule has 5 heteroatoms. The molecule has 0 aliphatic heterocycles. The van der Waals surface area contributed by atoms with E-state index in [4.69, 9.17) is 4.74 Å². The van der Waals surface area contributed by atoms with Crippen molar-refractivity contribution in [2.75, 3.05) is 13.2 Å². The number of amides is 1. The summed E-state index contributed by atoms with van der Waals surface area (Å²) < 4.78 is 6.50. The summed E-state index contributed by atoms with van der Waals surface area (Å²) in [5.74, 6) is -0.195. The lowest BCUT2D eigenvalue weighted by molar-refractivity contribution is -0.143. The summed E-state index contributed by atoms with van der Waals surface area (Å²) in [5, 5.41) is 0. The van der Waals surface area contributed by atoms with Gasteiger partial charge in [-0.2, -0.15) is 0 Å². The second-order valence-electron chi connectivity index (χ2n) is 4.32. The SMILES string of the molecule is CCOC(=O)CCCN([C]=O)[Si](C)(C)C. The molecule has 0 aliphatic carbocycles. The third-order valence-corrected chi connectivity index (χ3v) is 3.92. The van der Waals surface area contributed by atoms with Gasteiger partial charge in [0, 0.05) is 13.0 Å². The molecule has 87 valence electrons. The van der Waals surface area contributed by atoms with Crippen LogP contribution in [-0.2, 0) is 14.3 Å². The minimum atomic E-state index is -1.62. The Morgan fingerprint density at radius 1 is 1.40 bits per heavy atom. The predicted octanol–water partition coefficient (Wildman–Crippen LogP) is 1.53. The number of hydrogen-bond donors (Lipinski definition) is 0. The second-order valence-corrected chi connectivity index (χ2v) is 9.20. The highest BCUT2D eigenvalue weighted by Gasteiger charge is 2.22. The van der Waals surface area contributed by atoms with Crippen molar-refractivity contribution in [1.82, 2.24) is 4.57 Å². The summed E-state index contributed by atoms with van der Waals surface area (Å²) in [6.45, 7) is 9.01. The van der Waals surface area contributed by atoms with Crippen LogP contribution in [0.4, 0.5) is 0 Å². The number of nitrogens with zero attached hydrogens (tertiary/aromatic N) is 1. The first kappa shape index (κ1) is 14.2. The molecule has 15 heavy (non-hydrogen) atoms. The maximum Gasteiger partial charge on any atom is 0.305 e. The normalized spacial score (nSPS) is 10.9. The molecule has 0 atom stereocenters. The number of ether oxygens (including phenoxy) is 1. The number of carbonyl (C=O) groups is 1. The van der Waals surface area contributed by atoms with Crippen LogP contribution >= 0.6 is 0 Å². The molecule has 0 fully saturated rings. The fraction of sp³-hybridized carbons (Fsp3) is 0.800. The Morgan fingerprint density at radius 2 is 2.00 bits per heavy atom. The first-order valence-corrected chi connectivity index (χ1v) is 8.67. The van der Waals surface area contributed by atoms with E-state index in [1.54, 1.807) is 11.5 Å². The van der Waals surface area contributed by atoms with Crippen molar-refractivity contribution < 1.29 is 14.3 Å². The average Bonchev–Trinajstić information content (AvgIpc) is 2.10. The van der Waals surface area contributed by atoms with E-state index in [1.165, 1.54) is 0 Å². The monoisotopic (exact) mass is 230 g/mol. The Bertz CT molecular complexity index is 213. The van der Waals surface area contributed by atoms with E-state index in [1.807, 2.05) is 6.41 Å². The highest BCUT2D eigenvalue weighted by Crippen LogP contribution is 2.08. The van der Waals surface area contributed by atoms with Crippen LogP contribution < -0.4 is 0 Å². The fourth-order valence-corrected chi connectivity index (χ4v) is 2.24. The van der Waals surface area contributed by atoms with Crippen LogP contribution in [0.25, 0.3) is 0 Å². The van der Waals surface area contributed by atoms with Crippen molar-refractivity contribution in [3.8, 4) is 0 Å². The van der Waals surface area contributed by atoms with Crippen LogP contribution in [-0.4, -0.2) is 38.3 Å². The van der Waals surface area contributed by atoms with Gasteiger partial charge in [-0.25, -0.2) is 0 Å². The standard InChI is InChI=1S/C10H20NO3Si/c1-5-14-10(13)7-6-8-11(9-12)15(2,3)4/h5-8H2,1-4H3. The quantitative estimate of drug-likeness (QED) is 0.378. The van der Waals surface area contributed by atoms with E-state index in [9.17, 15) is 9.59 Å². The van der Waals surface area contributed by atoms with E-state index >= 15 is 0 Å². The molecule has 0 rings (SSSR count). The zero-order valence-corrected chi connectivity index (χ0v) is 11.0. The maximum absolute atomic E-state index is 11.0. The number of hydrogen-bond acceptors (Lipinski definition) is 3. The van der Waals surface area contributed by atoms with Crippen molar-refractivity contribution in [3.63, 3.8) is 0 Å². The van der Waals surface area contributed by atoms with Crippen molar-refractivity contribution in [2.24, 2.45) is 0 Å². The van der Waals surface area contributed by atoms with Gasteiger partial charge in [0.25, 0.3) is 0 Å². The van der Waals surface area contributed by atoms with Gasteiger partial charge >= 0.3 is 12.4 Å². The Morgan fingerprint density at radius 3 is 2.40 bits per heavy atom. The van der Waals surface area contributed by atoms with Crippen molar-refractivity contribution in [2.45, 2.75) is 39.4 Å². The lowest BCUT2D eigenvalue weighted by Gasteiger charge is -2.29. The number of rotatable bonds is 7. The largest absolute Gasteiger partial charge is 0.466 e. The van der Waals surface area contributed by atoms with Gasteiger partial charge in [-0.05, 0) is 13.3 Å². The first-order valence-electron chi connectivity index (χ1n) is 5.23. The number of carbonyl (C=O) groups excluding carboxylic acids is 2. The summed E-state index contributed by atoms with van der Waals surface area (Å²) in [5.41, 5.74) is 0. The molecular formula is C10H20NO3Si. The number of esters is 1.